The van der Waals surface area contributed by atoms with Gasteiger partial charge in [-0.2, -0.15) is 0 Å². The molecule has 3 aliphatic heterocycles. The summed E-state index contributed by atoms with van der Waals surface area (Å²) in [4.78, 5) is 30.4. The van der Waals surface area contributed by atoms with Crippen LogP contribution in [0.15, 0.2) is 0 Å². The molecular formula is C20H33N3O3. The minimum atomic E-state index is -0.761. The predicted octanol–water partition coefficient (Wildman–Crippen LogP) is 2.66. The number of likely N-dealkylation sites (tertiary alicyclic amines) is 1. The molecule has 0 aromatic heterocycles. The third-order valence-electron chi connectivity index (χ3n) is 6.85. The maximum atomic E-state index is 13.5. The van der Waals surface area contributed by atoms with Crippen molar-refractivity contribution in [3.05, 3.63) is 0 Å². The Bertz CT molecular complexity index is 587. The Morgan fingerprint density at radius 2 is 1.62 bits per heavy atom. The first-order valence-corrected chi connectivity index (χ1v) is 10.2. The molecule has 0 bridgehead atoms. The highest BCUT2D eigenvalue weighted by molar-refractivity contribution is 6.07. The summed E-state index contributed by atoms with van der Waals surface area (Å²) in [7, 11) is 0. The lowest BCUT2D eigenvalue weighted by molar-refractivity contribution is -0.142. The summed E-state index contributed by atoms with van der Waals surface area (Å²) in [6, 6.07) is -0.0905. The lowest BCUT2D eigenvalue weighted by Crippen LogP contribution is -2.70. The third kappa shape index (κ3) is 2.95. The Balaban J connectivity index is 1.60. The minimum Gasteiger partial charge on any atom is -0.372 e. The summed E-state index contributed by atoms with van der Waals surface area (Å²) in [5, 5.41) is 3.15. The van der Waals surface area contributed by atoms with Crippen molar-refractivity contribution in [3.8, 4) is 0 Å². The number of epoxide rings is 1. The molecule has 6 nitrogen and oxygen atoms in total. The van der Waals surface area contributed by atoms with E-state index in [4.69, 9.17) is 4.74 Å². The van der Waals surface area contributed by atoms with Crippen LogP contribution in [-0.2, 0) is 9.53 Å². The van der Waals surface area contributed by atoms with Crippen LogP contribution in [0.1, 0.15) is 72.6 Å². The fourth-order valence-corrected chi connectivity index (χ4v) is 5.97. The second-order valence-electron chi connectivity index (χ2n) is 10.0. The van der Waals surface area contributed by atoms with Crippen molar-refractivity contribution in [2.45, 2.75) is 101 Å². The van der Waals surface area contributed by atoms with E-state index < -0.39 is 5.54 Å². The highest BCUT2D eigenvalue weighted by atomic mass is 16.6. The molecule has 3 amide bonds. The predicted molar refractivity (Wildman–Crippen MR) is 98.8 cm³/mol. The molecule has 3 heterocycles. The fourth-order valence-electron chi connectivity index (χ4n) is 5.97. The molecule has 4 rings (SSSR count). The Morgan fingerprint density at radius 3 is 2.15 bits per heavy atom. The Kier molecular flexibility index (Phi) is 4.16. The summed E-state index contributed by atoms with van der Waals surface area (Å²) < 4.78 is 5.46. The molecule has 146 valence electrons. The van der Waals surface area contributed by atoms with Gasteiger partial charge in [0.25, 0.3) is 5.91 Å². The largest absolute Gasteiger partial charge is 0.372 e. The fraction of sp³-hybridized carbons (Fsp3) is 0.900. The van der Waals surface area contributed by atoms with Crippen molar-refractivity contribution in [3.63, 3.8) is 0 Å². The molecule has 3 saturated heterocycles. The number of ether oxygens (including phenoxy) is 1. The zero-order valence-electron chi connectivity index (χ0n) is 16.6. The Morgan fingerprint density at radius 1 is 1.04 bits per heavy atom. The number of amides is 3. The van der Waals surface area contributed by atoms with Crippen molar-refractivity contribution in [1.29, 1.82) is 0 Å². The van der Waals surface area contributed by atoms with Gasteiger partial charge in [-0.25, -0.2) is 4.79 Å². The van der Waals surface area contributed by atoms with Gasteiger partial charge < -0.3 is 10.1 Å². The van der Waals surface area contributed by atoms with E-state index in [9.17, 15) is 9.59 Å². The first-order chi connectivity index (χ1) is 12.1. The zero-order chi connectivity index (χ0) is 18.7. The van der Waals surface area contributed by atoms with Crippen molar-refractivity contribution < 1.29 is 14.3 Å². The topological polar surface area (TPSA) is 65.2 Å². The van der Waals surface area contributed by atoms with Crippen LogP contribution in [0.2, 0.25) is 0 Å². The minimum absolute atomic E-state index is 0.0119. The number of hydrogen-bond donors (Lipinski definition) is 1. The van der Waals surface area contributed by atoms with Crippen molar-refractivity contribution in [1.82, 2.24) is 15.1 Å². The molecule has 0 radical (unpaired) electrons. The van der Waals surface area contributed by atoms with Crippen LogP contribution in [0.4, 0.5) is 4.79 Å². The molecular weight excluding hydrogens is 330 g/mol. The van der Waals surface area contributed by atoms with E-state index in [2.05, 4.69) is 37.9 Å². The van der Waals surface area contributed by atoms with Crippen LogP contribution in [-0.4, -0.2) is 63.7 Å². The summed E-state index contributed by atoms with van der Waals surface area (Å²) >= 11 is 0. The number of carbonyl (C=O) groups is 2. The van der Waals surface area contributed by atoms with E-state index in [0.29, 0.717) is 18.9 Å². The molecule has 4 aliphatic rings. The van der Waals surface area contributed by atoms with E-state index in [1.165, 1.54) is 6.42 Å². The average molecular weight is 364 g/mol. The number of imide groups is 1. The molecule has 1 N–H and O–H groups in total. The quantitative estimate of drug-likeness (QED) is 0.618. The molecule has 1 aliphatic carbocycles. The highest BCUT2D eigenvalue weighted by Crippen LogP contribution is 2.47. The van der Waals surface area contributed by atoms with Crippen LogP contribution >= 0.6 is 0 Å². The maximum Gasteiger partial charge on any atom is 0.325 e. The van der Waals surface area contributed by atoms with Gasteiger partial charge in [-0.1, -0.05) is 19.3 Å². The van der Waals surface area contributed by atoms with Crippen molar-refractivity contribution in [2.75, 3.05) is 13.2 Å². The second kappa shape index (κ2) is 5.93. The first kappa shape index (κ1) is 18.2. The van der Waals surface area contributed by atoms with Gasteiger partial charge in [-0.15, -0.1) is 0 Å². The van der Waals surface area contributed by atoms with Crippen molar-refractivity contribution in [2.24, 2.45) is 0 Å². The molecule has 26 heavy (non-hydrogen) atoms. The third-order valence-corrected chi connectivity index (χ3v) is 6.85. The second-order valence-corrected chi connectivity index (χ2v) is 10.0. The molecule has 1 saturated carbocycles. The standard InChI is InChI=1S/C20H33N3O3/c1-18(2)12-20(13-19(3,4)22(18)10-15-11-26-15)16(24)23(17(25)21-20)14-8-6-5-7-9-14/h14-15H,5-13H2,1-4H3,(H,21,25). The number of rotatable bonds is 3. The first-order valence-electron chi connectivity index (χ1n) is 10.2. The Hall–Kier alpha value is -1.14. The van der Waals surface area contributed by atoms with E-state index in [1.807, 2.05) is 0 Å². The highest BCUT2D eigenvalue weighted by Gasteiger charge is 2.62. The van der Waals surface area contributed by atoms with Crippen LogP contribution in [0, 0.1) is 0 Å². The SMILES string of the molecule is CC1(C)CC2(CC(C)(C)N1CC1CO1)NC(=O)N(C1CCCCC1)C2=O. The number of urea groups is 1. The van der Waals surface area contributed by atoms with Gasteiger partial charge in [0, 0.05) is 23.7 Å². The van der Waals surface area contributed by atoms with E-state index in [1.54, 1.807) is 4.90 Å². The van der Waals surface area contributed by atoms with Gasteiger partial charge in [0.2, 0.25) is 0 Å². The van der Waals surface area contributed by atoms with E-state index >= 15 is 0 Å². The van der Waals surface area contributed by atoms with Crippen LogP contribution < -0.4 is 5.32 Å². The van der Waals surface area contributed by atoms with Crippen LogP contribution in [0.3, 0.4) is 0 Å². The number of nitrogens with one attached hydrogen (secondary N) is 1. The number of nitrogens with zero attached hydrogens (tertiary/aromatic N) is 2. The van der Waals surface area contributed by atoms with Crippen LogP contribution in [0.5, 0.6) is 0 Å². The molecule has 0 aromatic carbocycles. The number of carbonyl (C=O) groups excluding carboxylic acids is 2. The molecule has 6 heteroatoms. The van der Waals surface area contributed by atoms with E-state index in [-0.39, 0.29) is 29.1 Å². The number of hydrogen-bond acceptors (Lipinski definition) is 4. The van der Waals surface area contributed by atoms with Gasteiger partial charge in [0.15, 0.2) is 0 Å². The smallest absolute Gasteiger partial charge is 0.325 e. The Labute approximate surface area is 156 Å². The molecule has 1 unspecified atom stereocenters. The summed E-state index contributed by atoms with van der Waals surface area (Å²) in [5.74, 6) is 0.0119. The monoisotopic (exact) mass is 363 g/mol. The lowest BCUT2D eigenvalue weighted by atomic mass is 9.68. The van der Waals surface area contributed by atoms with Gasteiger partial charge >= 0.3 is 6.03 Å². The normalized spacial score (nSPS) is 33.5. The molecule has 4 fully saturated rings. The van der Waals surface area contributed by atoms with Gasteiger partial charge in [0.05, 0.1) is 12.7 Å². The summed E-state index contributed by atoms with van der Waals surface area (Å²) in [6.45, 7) is 10.5. The summed E-state index contributed by atoms with van der Waals surface area (Å²) in [5.41, 5.74) is -1.12. The average Bonchev–Trinajstić information content (AvgIpc) is 3.32. The molecule has 1 spiro atoms. The van der Waals surface area contributed by atoms with Gasteiger partial charge in [0.1, 0.15) is 5.54 Å². The summed E-state index contributed by atoms with van der Waals surface area (Å²) in [6.07, 6.45) is 6.97. The number of piperidine rings is 1. The lowest BCUT2D eigenvalue weighted by Gasteiger charge is -2.57. The van der Waals surface area contributed by atoms with E-state index in [0.717, 1.165) is 38.8 Å². The van der Waals surface area contributed by atoms with Crippen molar-refractivity contribution >= 4 is 11.9 Å². The molecule has 1 atom stereocenters. The molecule has 0 aromatic rings. The van der Waals surface area contributed by atoms with Gasteiger partial charge in [-0.3, -0.25) is 14.6 Å². The maximum absolute atomic E-state index is 13.5. The van der Waals surface area contributed by atoms with Gasteiger partial charge in [-0.05, 0) is 53.4 Å². The zero-order valence-corrected chi connectivity index (χ0v) is 16.6. The van der Waals surface area contributed by atoms with Crippen LogP contribution in [0.25, 0.3) is 0 Å².